The van der Waals surface area contributed by atoms with Crippen molar-refractivity contribution in [3.8, 4) is 0 Å². The predicted molar refractivity (Wildman–Crippen MR) is 105 cm³/mol. The highest BCUT2D eigenvalue weighted by molar-refractivity contribution is 7.99. The summed E-state index contributed by atoms with van der Waals surface area (Å²) in [7, 11) is 0. The summed E-state index contributed by atoms with van der Waals surface area (Å²) in [6.07, 6.45) is 0. The number of aromatic nitrogens is 1. The van der Waals surface area contributed by atoms with Gasteiger partial charge in [-0.25, -0.2) is 4.98 Å². The predicted octanol–water partition coefficient (Wildman–Crippen LogP) is 5.12. The molecule has 4 aromatic rings. The van der Waals surface area contributed by atoms with Crippen LogP contribution in [0.4, 0.5) is 5.69 Å². The Hall–Kier alpha value is -2.85. The number of thioether (sulfide) groups is 1. The van der Waals surface area contributed by atoms with Crippen LogP contribution in [0.15, 0.2) is 83.9 Å². The molecule has 1 heterocycles. The number of amides is 1. The molecule has 0 saturated carbocycles. The lowest BCUT2D eigenvalue weighted by molar-refractivity contribution is -0.113. The van der Waals surface area contributed by atoms with E-state index in [1.54, 1.807) is 0 Å². The number of nitrogens with one attached hydrogen (secondary N) is 1. The molecule has 0 aliphatic carbocycles. The van der Waals surface area contributed by atoms with Crippen LogP contribution in [0.1, 0.15) is 0 Å². The number of benzene rings is 3. The molecule has 0 unspecified atom stereocenters. The van der Waals surface area contributed by atoms with E-state index in [0.717, 1.165) is 32.4 Å². The summed E-state index contributed by atoms with van der Waals surface area (Å²) < 4.78 is 0. The summed E-state index contributed by atoms with van der Waals surface area (Å²) >= 11 is 1.44. The van der Waals surface area contributed by atoms with Crippen LogP contribution in [-0.2, 0) is 4.79 Å². The molecular formula is C21H16N2OS. The van der Waals surface area contributed by atoms with E-state index in [4.69, 9.17) is 0 Å². The van der Waals surface area contributed by atoms with Crippen molar-refractivity contribution in [2.75, 3.05) is 11.1 Å². The van der Waals surface area contributed by atoms with Crippen LogP contribution < -0.4 is 5.32 Å². The Morgan fingerprint density at radius 2 is 1.56 bits per heavy atom. The minimum Gasteiger partial charge on any atom is -0.325 e. The topological polar surface area (TPSA) is 42.0 Å². The van der Waals surface area contributed by atoms with Crippen LogP contribution in [0.2, 0.25) is 0 Å². The smallest absolute Gasteiger partial charge is 0.234 e. The van der Waals surface area contributed by atoms with Crippen LogP contribution in [0.3, 0.4) is 0 Å². The van der Waals surface area contributed by atoms with E-state index in [1.807, 2.05) is 72.8 Å². The molecule has 1 aromatic heterocycles. The van der Waals surface area contributed by atoms with Crippen molar-refractivity contribution in [3.63, 3.8) is 0 Å². The minimum atomic E-state index is -0.0322. The van der Waals surface area contributed by atoms with Crippen LogP contribution in [-0.4, -0.2) is 16.6 Å². The Balaban J connectivity index is 1.42. The first-order valence-electron chi connectivity index (χ1n) is 8.05. The Morgan fingerprint density at radius 1 is 0.840 bits per heavy atom. The molecule has 3 nitrogen and oxygen atoms in total. The SMILES string of the molecule is O=C(CSc1ccc2ccccc2n1)Nc1ccc2ccccc2c1. The Morgan fingerprint density at radius 3 is 2.44 bits per heavy atom. The van der Waals surface area contributed by atoms with Gasteiger partial charge < -0.3 is 5.32 Å². The van der Waals surface area contributed by atoms with E-state index < -0.39 is 0 Å². The van der Waals surface area contributed by atoms with Gasteiger partial charge in [0.2, 0.25) is 5.91 Å². The number of anilines is 1. The first-order chi connectivity index (χ1) is 12.3. The summed E-state index contributed by atoms with van der Waals surface area (Å²) in [5.41, 5.74) is 1.76. The normalized spacial score (nSPS) is 10.9. The second kappa shape index (κ2) is 6.95. The number of hydrogen-bond donors (Lipinski definition) is 1. The lowest BCUT2D eigenvalue weighted by Gasteiger charge is -2.07. The molecule has 3 aromatic carbocycles. The van der Waals surface area contributed by atoms with Crippen molar-refractivity contribution >= 4 is 45.0 Å². The molecule has 0 atom stereocenters. The summed E-state index contributed by atoms with van der Waals surface area (Å²) in [4.78, 5) is 16.8. The van der Waals surface area contributed by atoms with E-state index in [9.17, 15) is 4.79 Å². The first-order valence-corrected chi connectivity index (χ1v) is 9.04. The Bertz CT molecular complexity index is 1060. The number of carbonyl (C=O) groups is 1. The van der Waals surface area contributed by atoms with Crippen molar-refractivity contribution in [1.82, 2.24) is 4.98 Å². The van der Waals surface area contributed by atoms with Gasteiger partial charge in [-0.15, -0.1) is 0 Å². The second-order valence-corrected chi connectivity index (χ2v) is 6.74. The molecule has 0 fully saturated rings. The monoisotopic (exact) mass is 344 g/mol. The molecule has 0 radical (unpaired) electrons. The van der Waals surface area contributed by atoms with Crippen LogP contribution >= 0.6 is 11.8 Å². The number of hydrogen-bond acceptors (Lipinski definition) is 3. The number of rotatable bonds is 4. The summed E-state index contributed by atoms with van der Waals surface area (Å²) in [5, 5.41) is 7.19. The third-order valence-electron chi connectivity index (χ3n) is 3.96. The zero-order valence-electron chi connectivity index (χ0n) is 13.5. The largest absolute Gasteiger partial charge is 0.325 e. The molecule has 1 amide bonds. The summed E-state index contributed by atoms with van der Waals surface area (Å²) in [6.45, 7) is 0. The maximum Gasteiger partial charge on any atom is 0.234 e. The lowest BCUT2D eigenvalue weighted by atomic mass is 10.1. The first kappa shape index (κ1) is 15.7. The van der Waals surface area contributed by atoms with Gasteiger partial charge in [-0.2, -0.15) is 0 Å². The van der Waals surface area contributed by atoms with E-state index in [-0.39, 0.29) is 5.91 Å². The number of pyridine rings is 1. The number of carbonyl (C=O) groups excluding carboxylic acids is 1. The van der Waals surface area contributed by atoms with Gasteiger partial charge in [-0.3, -0.25) is 4.79 Å². The van der Waals surface area contributed by atoms with E-state index in [0.29, 0.717) is 5.75 Å². The average Bonchev–Trinajstić information content (AvgIpc) is 2.66. The fourth-order valence-corrected chi connectivity index (χ4v) is 3.41. The zero-order valence-corrected chi connectivity index (χ0v) is 14.3. The second-order valence-electron chi connectivity index (χ2n) is 5.74. The van der Waals surface area contributed by atoms with Gasteiger partial charge in [-0.1, -0.05) is 66.4 Å². The molecule has 0 aliphatic rings. The van der Waals surface area contributed by atoms with Crippen LogP contribution in [0.25, 0.3) is 21.7 Å². The standard InChI is InChI=1S/C21H16N2OS/c24-20(22-18-11-9-15-5-1-2-7-17(15)13-18)14-25-21-12-10-16-6-3-4-8-19(16)23-21/h1-13H,14H2,(H,22,24). The fourth-order valence-electron chi connectivity index (χ4n) is 2.73. The quantitative estimate of drug-likeness (QED) is 0.523. The van der Waals surface area contributed by atoms with Gasteiger partial charge in [-0.05, 0) is 35.0 Å². The highest BCUT2D eigenvalue weighted by Crippen LogP contribution is 2.21. The number of fused-ring (bicyclic) bond motifs is 2. The van der Waals surface area contributed by atoms with Gasteiger partial charge in [0.25, 0.3) is 0 Å². The molecule has 4 rings (SSSR count). The summed E-state index contributed by atoms with van der Waals surface area (Å²) in [6, 6.07) is 26.0. The third kappa shape index (κ3) is 3.64. The Labute approximate surface area is 150 Å². The Kier molecular flexibility index (Phi) is 4.36. The molecule has 4 heteroatoms. The van der Waals surface area contributed by atoms with Crippen molar-refractivity contribution < 1.29 is 4.79 Å². The highest BCUT2D eigenvalue weighted by atomic mass is 32.2. The molecule has 0 saturated heterocycles. The molecule has 25 heavy (non-hydrogen) atoms. The molecule has 0 aliphatic heterocycles. The van der Waals surface area contributed by atoms with E-state index >= 15 is 0 Å². The number of para-hydroxylation sites is 1. The van der Waals surface area contributed by atoms with Gasteiger partial charge in [0.05, 0.1) is 16.3 Å². The maximum absolute atomic E-state index is 12.2. The molecular weight excluding hydrogens is 328 g/mol. The number of nitrogens with zero attached hydrogens (tertiary/aromatic N) is 1. The minimum absolute atomic E-state index is 0.0322. The van der Waals surface area contributed by atoms with E-state index in [1.165, 1.54) is 11.8 Å². The summed E-state index contributed by atoms with van der Waals surface area (Å²) in [5.74, 6) is 0.299. The maximum atomic E-state index is 12.2. The molecule has 0 bridgehead atoms. The van der Waals surface area contributed by atoms with Gasteiger partial charge in [0.15, 0.2) is 0 Å². The lowest BCUT2D eigenvalue weighted by Crippen LogP contribution is -2.14. The average molecular weight is 344 g/mol. The van der Waals surface area contributed by atoms with Crippen molar-refractivity contribution in [3.05, 3.63) is 78.9 Å². The van der Waals surface area contributed by atoms with Crippen molar-refractivity contribution in [2.24, 2.45) is 0 Å². The zero-order chi connectivity index (χ0) is 17.1. The van der Waals surface area contributed by atoms with Gasteiger partial charge in [0, 0.05) is 11.1 Å². The van der Waals surface area contributed by atoms with Gasteiger partial charge >= 0.3 is 0 Å². The van der Waals surface area contributed by atoms with Crippen LogP contribution in [0, 0.1) is 0 Å². The highest BCUT2D eigenvalue weighted by Gasteiger charge is 2.06. The molecule has 1 N–H and O–H groups in total. The van der Waals surface area contributed by atoms with Crippen molar-refractivity contribution in [2.45, 2.75) is 5.03 Å². The van der Waals surface area contributed by atoms with Crippen LogP contribution in [0.5, 0.6) is 0 Å². The third-order valence-corrected chi connectivity index (χ3v) is 4.89. The molecule has 122 valence electrons. The van der Waals surface area contributed by atoms with Crippen molar-refractivity contribution in [1.29, 1.82) is 0 Å². The van der Waals surface area contributed by atoms with Gasteiger partial charge in [0.1, 0.15) is 0 Å². The van der Waals surface area contributed by atoms with E-state index in [2.05, 4.69) is 16.4 Å². The fraction of sp³-hybridized carbons (Fsp3) is 0.0476. The molecule has 0 spiro atoms.